The van der Waals surface area contributed by atoms with Gasteiger partial charge in [-0.1, -0.05) is 41.5 Å². The third-order valence-corrected chi connectivity index (χ3v) is 1.48. The summed E-state index contributed by atoms with van der Waals surface area (Å²) in [6.45, 7) is 9.85. The molecule has 0 aromatic carbocycles. The van der Waals surface area contributed by atoms with E-state index >= 15 is 0 Å². The van der Waals surface area contributed by atoms with E-state index in [-0.39, 0.29) is 37.2 Å². The van der Waals surface area contributed by atoms with Gasteiger partial charge in [0, 0.05) is 19.5 Å². The number of rotatable bonds is 3. The van der Waals surface area contributed by atoms with Crippen LogP contribution in [0.2, 0.25) is 0 Å². The molecule has 19 heavy (non-hydrogen) atoms. The minimum Gasteiger partial charge on any atom is -0.481 e. The topological polar surface area (TPSA) is 112 Å². The van der Waals surface area contributed by atoms with Crippen molar-refractivity contribution in [3.63, 3.8) is 0 Å². The molecule has 3 N–H and O–H groups in total. The Morgan fingerprint density at radius 1 is 0.579 bits per heavy atom. The van der Waals surface area contributed by atoms with E-state index in [2.05, 4.69) is 0 Å². The number of hydrogen-bond donors (Lipinski definition) is 3. The van der Waals surface area contributed by atoms with Gasteiger partial charge in [0.2, 0.25) is 0 Å². The third-order valence-electron chi connectivity index (χ3n) is 1.48. The molecule has 1 radical (unpaired) electrons. The van der Waals surface area contributed by atoms with Crippen LogP contribution in [0, 0.1) is 17.8 Å². The van der Waals surface area contributed by atoms with Gasteiger partial charge in [-0.15, -0.1) is 0 Å². The number of carbonyl (C=O) groups is 3. The summed E-state index contributed by atoms with van der Waals surface area (Å²) < 4.78 is 0. The first-order valence-electron chi connectivity index (χ1n) is 5.61. The fraction of sp³-hybridized carbons (Fsp3) is 0.750. The van der Waals surface area contributed by atoms with Gasteiger partial charge in [-0.25, -0.2) is 0 Å². The molecule has 0 heterocycles. The second kappa shape index (κ2) is 15.1. The molecule has 7 heteroatoms. The molecule has 0 aromatic heterocycles. The van der Waals surface area contributed by atoms with Gasteiger partial charge in [0.15, 0.2) is 0 Å². The Labute approximate surface area is 127 Å². The minimum atomic E-state index is -0.741. The summed E-state index contributed by atoms with van der Waals surface area (Å²) in [6.07, 6.45) is 0. The van der Waals surface area contributed by atoms with Crippen LogP contribution in [-0.4, -0.2) is 33.2 Å². The van der Waals surface area contributed by atoms with Crippen LogP contribution in [0.15, 0.2) is 0 Å². The molecular weight excluding hydrogens is 343 g/mol. The molecule has 0 saturated heterocycles. The number of hydrogen-bond acceptors (Lipinski definition) is 3. The van der Waals surface area contributed by atoms with E-state index < -0.39 is 17.9 Å². The Kier molecular flexibility index (Phi) is 21.1. The Morgan fingerprint density at radius 2 is 0.632 bits per heavy atom. The second-order valence-corrected chi connectivity index (χ2v) is 4.48. The fourth-order valence-corrected chi connectivity index (χ4v) is 0. The predicted molar refractivity (Wildman–Crippen MR) is 67.4 cm³/mol. The Morgan fingerprint density at radius 3 is 0.632 bits per heavy atom. The van der Waals surface area contributed by atoms with Crippen molar-refractivity contribution < 1.29 is 49.2 Å². The van der Waals surface area contributed by atoms with Crippen LogP contribution in [0.25, 0.3) is 0 Å². The molecule has 117 valence electrons. The zero-order valence-corrected chi connectivity index (χ0v) is 13.8. The zero-order valence-electron chi connectivity index (χ0n) is 12.1. The number of aliphatic carboxylic acids is 3. The molecule has 0 aliphatic rings. The molecule has 0 aliphatic carbocycles. The van der Waals surface area contributed by atoms with Gasteiger partial charge in [-0.2, -0.15) is 0 Å². The largest absolute Gasteiger partial charge is 0.481 e. The Bertz CT molecular complexity index is 218. The van der Waals surface area contributed by atoms with Crippen LogP contribution >= 0.6 is 0 Å². The normalized spacial score (nSPS) is 8.68. The van der Waals surface area contributed by atoms with Crippen LogP contribution in [0.5, 0.6) is 0 Å². The van der Waals surface area contributed by atoms with Crippen molar-refractivity contribution in [1.29, 1.82) is 0 Å². The number of carboxylic acid groups (broad SMARTS) is 3. The van der Waals surface area contributed by atoms with Crippen LogP contribution < -0.4 is 0 Å². The van der Waals surface area contributed by atoms with Gasteiger partial charge in [-0.05, 0) is 0 Å². The Balaban J connectivity index is -0.0000000865. The molecule has 0 aliphatic heterocycles. The molecule has 0 rings (SSSR count). The first kappa shape index (κ1) is 26.6. The first-order valence-corrected chi connectivity index (χ1v) is 5.61. The van der Waals surface area contributed by atoms with Gasteiger partial charge in [-0.3, -0.25) is 14.4 Å². The van der Waals surface area contributed by atoms with E-state index in [0.29, 0.717) is 0 Å². The molecular formula is C12H24O6Rh. The van der Waals surface area contributed by atoms with Crippen molar-refractivity contribution in [2.24, 2.45) is 17.8 Å². The molecule has 0 aromatic rings. The van der Waals surface area contributed by atoms with Gasteiger partial charge in [0.1, 0.15) is 0 Å². The fourth-order valence-electron chi connectivity index (χ4n) is 0. The quantitative estimate of drug-likeness (QED) is 0.659. The van der Waals surface area contributed by atoms with Crippen molar-refractivity contribution in [1.82, 2.24) is 0 Å². The molecule has 0 amide bonds. The summed E-state index contributed by atoms with van der Waals surface area (Å²) >= 11 is 0. The van der Waals surface area contributed by atoms with Crippen molar-refractivity contribution in [2.45, 2.75) is 41.5 Å². The average Bonchev–Trinajstić information content (AvgIpc) is 2.18. The minimum absolute atomic E-state index is 0. The second-order valence-electron chi connectivity index (χ2n) is 4.48. The molecule has 0 fully saturated rings. The van der Waals surface area contributed by atoms with Gasteiger partial charge in [0.05, 0.1) is 17.8 Å². The summed E-state index contributed by atoms with van der Waals surface area (Å²) in [4.78, 5) is 29.1. The van der Waals surface area contributed by atoms with Gasteiger partial charge < -0.3 is 15.3 Å². The Hall–Kier alpha value is -0.967. The van der Waals surface area contributed by atoms with Gasteiger partial charge >= 0.3 is 17.9 Å². The summed E-state index contributed by atoms with van der Waals surface area (Å²) in [6, 6.07) is 0. The molecule has 0 unspecified atom stereocenters. The van der Waals surface area contributed by atoms with Crippen LogP contribution in [-0.2, 0) is 33.9 Å². The van der Waals surface area contributed by atoms with E-state index in [9.17, 15) is 14.4 Å². The maximum Gasteiger partial charge on any atom is 0.305 e. The SMILES string of the molecule is CC(C)C(=O)O.CC(C)C(=O)O.CC(C)C(=O)O.[Rh]. The van der Waals surface area contributed by atoms with Crippen molar-refractivity contribution in [2.75, 3.05) is 0 Å². The van der Waals surface area contributed by atoms with Crippen molar-refractivity contribution in [3.05, 3.63) is 0 Å². The van der Waals surface area contributed by atoms with E-state index in [1.807, 2.05) is 0 Å². The summed E-state index contributed by atoms with van der Waals surface area (Å²) in [5.41, 5.74) is 0. The number of carboxylic acids is 3. The predicted octanol–water partition coefficient (Wildman–Crippen LogP) is 2.18. The summed E-state index contributed by atoms with van der Waals surface area (Å²) in [7, 11) is 0. The van der Waals surface area contributed by atoms with E-state index in [0.717, 1.165) is 0 Å². The molecule has 0 atom stereocenters. The van der Waals surface area contributed by atoms with E-state index in [1.54, 1.807) is 41.5 Å². The monoisotopic (exact) mass is 367 g/mol. The molecule has 0 saturated carbocycles. The van der Waals surface area contributed by atoms with Gasteiger partial charge in [0.25, 0.3) is 0 Å². The molecule has 0 spiro atoms. The van der Waals surface area contributed by atoms with E-state index in [4.69, 9.17) is 15.3 Å². The smallest absolute Gasteiger partial charge is 0.305 e. The van der Waals surface area contributed by atoms with Crippen LogP contribution in [0.3, 0.4) is 0 Å². The third kappa shape index (κ3) is 31.6. The van der Waals surface area contributed by atoms with Crippen LogP contribution in [0.4, 0.5) is 0 Å². The summed E-state index contributed by atoms with van der Waals surface area (Å²) in [5, 5.41) is 24.0. The van der Waals surface area contributed by atoms with Crippen LogP contribution in [0.1, 0.15) is 41.5 Å². The van der Waals surface area contributed by atoms with Crippen molar-refractivity contribution >= 4 is 17.9 Å². The summed E-state index contributed by atoms with van der Waals surface area (Å²) in [5.74, 6) is -2.92. The molecule has 0 bridgehead atoms. The first-order chi connectivity index (χ1) is 7.93. The maximum atomic E-state index is 9.70. The van der Waals surface area contributed by atoms with Crippen molar-refractivity contribution in [3.8, 4) is 0 Å². The average molecular weight is 367 g/mol. The zero-order chi connectivity index (χ0) is 15.5. The molecule has 6 nitrogen and oxygen atoms in total. The standard InChI is InChI=1S/3C4H8O2.Rh/c3*1-3(2)4(5)6;/h3*3H,1-2H3,(H,5,6);. The maximum absolute atomic E-state index is 9.70. The van der Waals surface area contributed by atoms with E-state index in [1.165, 1.54) is 0 Å².